The van der Waals surface area contributed by atoms with Gasteiger partial charge in [0.2, 0.25) is 5.91 Å². The van der Waals surface area contributed by atoms with Crippen LogP contribution in [0.1, 0.15) is 38.2 Å². The van der Waals surface area contributed by atoms with Crippen molar-refractivity contribution in [3.8, 4) is 0 Å². The van der Waals surface area contributed by atoms with Crippen molar-refractivity contribution in [3.05, 3.63) is 35.9 Å². The third kappa shape index (κ3) is 4.67. The molecule has 1 aliphatic rings. The number of ketones is 1. The summed E-state index contributed by atoms with van der Waals surface area (Å²) in [6.07, 6.45) is 1.74. The molecule has 0 aliphatic carbocycles. The van der Waals surface area contributed by atoms with Gasteiger partial charge in [-0.05, 0) is 46.3 Å². The molecular formula is C17H26N2O2. The summed E-state index contributed by atoms with van der Waals surface area (Å²) in [7, 11) is 3.75. The van der Waals surface area contributed by atoms with Gasteiger partial charge >= 0.3 is 0 Å². The van der Waals surface area contributed by atoms with E-state index in [0.29, 0.717) is 6.54 Å². The first-order valence-electron chi connectivity index (χ1n) is 7.47. The minimum absolute atomic E-state index is 0.0684. The first-order valence-corrected chi connectivity index (χ1v) is 7.47. The second kappa shape index (κ2) is 8.57. The molecule has 1 heterocycles. The van der Waals surface area contributed by atoms with Crippen LogP contribution in [-0.2, 0) is 9.59 Å². The maximum atomic E-state index is 12.4. The number of nitrogens with one attached hydrogen (secondary N) is 1. The fourth-order valence-corrected chi connectivity index (χ4v) is 2.59. The Morgan fingerprint density at radius 2 is 1.81 bits per heavy atom. The van der Waals surface area contributed by atoms with Gasteiger partial charge in [0.1, 0.15) is 0 Å². The molecule has 0 aromatic heterocycles. The summed E-state index contributed by atoms with van der Waals surface area (Å²) in [5, 5.41) is 2.75. The van der Waals surface area contributed by atoms with Crippen molar-refractivity contribution in [2.75, 3.05) is 20.6 Å². The van der Waals surface area contributed by atoms with Gasteiger partial charge in [0, 0.05) is 6.54 Å². The lowest BCUT2D eigenvalue weighted by Gasteiger charge is -2.26. The molecule has 1 fully saturated rings. The lowest BCUT2D eigenvalue weighted by molar-refractivity contribution is -0.137. The van der Waals surface area contributed by atoms with E-state index in [-0.39, 0.29) is 23.7 Å². The van der Waals surface area contributed by atoms with Crippen molar-refractivity contribution >= 4 is 11.7 Å². The molecule has 1 aromatic rings. The molecule has 1 aromatic carbocycles. The van der Waals surface area contributed by atoms with Crippen LogP contribution in [-0.4, -0.2) is 43.3 Å². The summed E-state index contributed by atoms with van der Waals surface area (Å²) in [5.74, 6) is -0.00818. The highest BCUT2D eigenvalue weighted by molar-refractivity contribution is 5.90. The normalized spacial score (nSPS) is 18.7. The lowest BCUT2D eigenvalue weighted by atomic mass is 9.99. The van der Waals surface area contributed by atoms with E-state index in [1.54, 1.807) is 11.8 Å². The van der Waals surface area contributed by atoms with Crippen LogP contribution in [0.4, 0.5) is 0 Å². The summed E-state index contributed by atoms with van der Waals surface area (Å²) in [6.45, 7) is 4.19. The summed E-state index contributed by atoms with van der Waals surface area (Å²) < 4.78 is 0. The maximum absolute atomic E-state index is 12.4. The molecule has 1 amide bonds. The molecule has 1 aliphatic heterocycles. The van der Waals surface area contributed by atoms with Gasteiger partial charge in [0.15, 0.2) is 5.78 Å². The number of amides is 1. The molecule has 116 valence electrons. The van der Waals surface area contributed by atoms with Crippen LogP contribution in [0.25, 0.3) is 0 Å². The fourth-order valence-electron chi connectivity index (χ4n) is 2.59. The molecule has 1 N–H and O–H groups in total. The summed E-state index contributed by atoms with van der Waals surface area (Å²) >= 11 is 0. The van der Waals surface area contributed by atoms with Crippen LogP contribution in [0.3, 0.4) is 0 Å². The van der Waals surface area contributed by atoms with E-state index in [2.05, 4.69) is 5.32 Å². The Labute approximate surface area is 127 Å². The number of Topliss-reactive ketones (excluding diaryl/α,β-unsaturated/α-hetero) is 1. The average Bonchev–Trinajstić information content (AvgIpc) is 2.97. The van der Waals surface area contributed by atoms with Crippen LogP contribution in [0.15, 0.2) is 30.3 Å². The minimum atomic E-state index is -0.205. The second-order valence-corrected chi connectivity index (χ2v) is 5.43. The fraction of sp³-hybridized carbons (Fsp3) is 0.529. The molecule has 2 rings (SSSR count). The van der Waals surface area contributed by atoms with Gasteiger partial charge in [0.25, 0.3) is 0 Å². The summed E-state index contributed by atoms with van der Waals surface area (Å²) in [6, 6.07) is 9.53. The molecule has 0 radical (unpaired) electrons. The van der Waals surface area contributed by atoms with Gasteiger partial charge < -0.3 is 10.2 Å². The Hall–Kier alpha value is -1.68. The van der Waals surface area contributed by atoms with Gasteiger partial charge in [-0.15, -0.1) is 0 Å². The number of nitrogens with zero attached hydrogens (tertiary/aromatic N) is 1. The van der Waals surface area contributed by atoms with Crippen molar-refractivity contribution in [1.29, 1.82) is 0 Å². The Morgan fingerprint density at radius 1 is 1.24 bits per heavy atom. The SMILES string of the molecule is CC(=O)[C@@H]1CCCN1C(=O)[C@H](C)c1ccccc1.CNC. The van der Waals surface area contributed by atoms with Crippen molar-refractivity contribution in [1.82, 2.24) is 10.2 Å². The van der Waals surface area contributed by atoms with E-state index in [1.165, 1.54) is 0 Å². The molecule has 0 saturated carbocycles. The number of rotatable bonds is 3. The monoisotopic (exact) mass is 290 g/mol. The highest BCUT2D eigenvalue weighted by atomic mass is 16.2. The summed E-state index contributed by atoms with van der Waals surface area (Å²) in [4.78, 5) is 25.7. The van der Waals surface area contributed by atoms with E-state index in [4.69, 9.17) is 0 Å². The Balaban J connectivity index is 0.000000677. The number of likely N-dealkylation sites (tertiary alicyclic amines) is 1. The number of carbonyl (C=O) groups excluding carboxylic acids is 2. The van der Waals surface area contributed by atoms with Crippen LogP contribution in [0.2, 0.25) is 0 Å². The van der Waals surface area contributed by atoms with E-state index < -0.39 is 0 Å². The number of hydrogen-bond donors (Lipinski definition) is 1. The largest absolute Gasteiger partial charge is 0.332 e. The second-order valence-electron chi connectivity index (χ2n) is 5.43. The first kappa shape index (κ1) is 17.4. The van der Waals surface area contributed by atoms with Crippen LogP contribution < -0.4 is 5.32 Å². The van der Waals surface area contributed by atoms with E-state index in [9.17, 15) is 9.59 Å². The number of carbonyl (C=O) groups is 2. The maximum Gasteiger partial charge on any atom is 0.230 e. The molecule has 0 unspecified atom stereocenters. The predicted octanol–water partition coefficient (Wildman–Crippen LogP) is 2.21. The predicted molar refractivity (Wildman–Crippen MR) is 85.3 cm³/mol. The Bertz CT molecular complexity index is 459. The van der Waals surface area contributed by atoms with Gasteiger partial charge in [-0.1, -0.05) is 30.3 Å². The molecule has 0 bridgehead atoms. The third-order valence-electron chi connectivity index (χ3n) is 3.68. The molecule has 4 nitrogen and oxygen atoms in total. The van der Waals surface area contributed by atoms with Crippen molar-refractivity contribution in [2.24, 2.45) is 0 Å². The lowest BCUT2D eigenvalue weighted by Crippen LogP contribution is -2.41. The van der Waals surface area contributed by atoms with E-state index >= 15 is 0 Å². The highest BCUT2D eigenvalue weighted by Crippen LogP contribution is 2.24. The average molecular weight is 290 g/mol. The van der Waals surface area contributed by atoms with E-state index in [1.807, 2.05) is 51.4 Å². The zero-order valence-corrected chi connectivity index (χ0v) is 13.4. The van der Waals surface area contributed by atoms with Crippen molar-refractivity contribution < 1.29 is 9.59 Å². The third-order valence-corrected chi connectivity index (χ3v) is 3.68. The van der Waals surface area contributed by atoms with Gasteiger partial charge in [-0.2, -0.15) is 0 Å². The quantitative estimate of drug-likeness (QED) is 0.928. The molecular weight excluding hydrogens is 264 g/mol. The Kier molecular flexibility index (Phi) is 7.09. The smallest absolute Gasteiger partial charge is 0.230 e. The van der Waals surface area contributed by atoms with Gasteiger partial charge in [0.05, 0.1) is 12.0 Å². The van der Waals surface area contributed by atoms with Crippen molar-refractivity contribution in [2.45, 2.75) is 38.6 Å². The summed E-state index contributed by atoms with van der Waals surface area (Å²) in [5.41, 5.74) is 1.01. The van der Waals surface area contributed by atoms with E-state index in [0.717, 1.165) is 18.4 Å². The van der Waals surface area contributed by atoms with Crippen LogP contribution in [0.5, 0.6) is 0 Å². The topological polar surface area (TPSA) is 49.4 Å². The first-order chi connectivity index (χ1) is 10.0. The molecule has 21 heavy (non-hydrogen) atoms. The van der Waals surface area contributed by atoms with Crippen LogP contribution in [0, 0.1) is 0 Å². The standard InChI is InChI=1S/C15H19NO2.C2H7N/c1-11(13-7-4-3-5-8-13)15(18)16-10-6-9-14(16)12(2)17;1-3-2/h3-5,7-8,11,14H,6,9-10H2,1-2H3;3H,1-2H3/t11-,14+;/m1./s1. The number of benzene rings is 1. The minimum Gasteiger partial charge on any atom is -0.332 e. The molecule has 4 heteroatoms. The zero-order chi connectivity index (χ0) is 15.8. The van der Waals surface area contributed by atoms with Gasteiger partial charge in [-0.3, -0.25) is 9.59 Å². The highest BCUT2D eigenvalue weighted by Gasteiger charge is 2.34. The van der Waals surface area contributed by atoms with Crippen molar-refractivity contribution in [3.63, 3.8) is 0 Å². The molecule has 1 saturated heterocycles. The molecule has 0 spiro atoms. The number of hydrogen-bond acceptors (Lipinski definition) is 3. The molecule has 2 atom stereocenters. The zero-order valence-electron chi connectivity index (χ0n) is 13.4. The van der Waals surface area contributed by atoms with Crippen LogP contribution >= 0.6 is 0 Å². The Morgan fingerprint density at radius 3 is 2.33 bits per heavy atom. The van der Waals surface area contributed by atoms with Gasteiger partial charge in [-0.25, -0.2) is 0 Å².